The summed E-state index contributed by atoms with van der Waals surface area (Å²) in [6.45, 7) is 0. The van der Waals surface area contributed by atoms with Gasteiger partial charge in [-0.1, -0.05) is 59.6 Å². The molecule has 0 bridgehead atoms. The molecule has 2 aromatic carbocycles. The summed E-state index contributed by atoms with van der Waals surface area (Å²) in [7, 11) is 0. The van der Waals surface area contributed by atoms with E-state index in [0.717, 1.165) is 33.4 Å². The smallest absolute Gasteiger partial charge is 0.419 e. The maximum Gasteiger partial charge on any atom is 0.419 e. The monoisotopic (exact) mass is 602 g/mol. The van der Waals surface area contributed by atoms with Crippen molar-refractivity contribution < 1.29 is 19.1 Å². The van der Waals surface area contributed by atoms with Crippen LogP contribution >= 0.6 is 23.2 Å². The van der Waals surface area contributed by atoms with Crippen molar-refractivity contribution in [3.05, 3.63) is 142 Å². The number of aromatic nitrogens is 2. The molecule has 0 spiro atoms. The number of nitrogens with zero attached hydrogens (tertiary/aromatic N) is 2. The second kappa shape index (κ2) is 15.0. The Balaban J connectivity index is 1.44. The molecule has 0 saturated heterocycles. The molecule has 0 radical (unpaired) electrons. The summed E-state index contributed by atoms with van der Waals surface area (Å²) in [5.41, 5.74) is 17.1. The number of ether oxygens (including phenoxy) is 2. The van der Waals surface area contributed by atoms with E-state index in [1.165, 1.54) is 0 Å². The third kappa shape index (κ3) is 9.36. The lowest BCUT2D eigenvalue weighted by Crippen LogP contribution is -2.34. The van der Waals surface area contributed by atoms with Crippen LogP contribution < -0.4 is 11.5 Å². The van der Waals surface area contributed by atoms with Gasteiger partial charge in [-0.15, -0.1) is 0 Å². The zero-order valence-electron chi connectivity index (χ0n) is 22.4. The number of benzene rings is 2. The lowest BCUT2D eigenvalue weighted by Gasteiger charge is -2.15. The number of halogens is 2. The first-order chi connectivity index (χ1) is 20.3. The summed E-state index contributed by atoms with van der Waals surface area (Å²) in [5.74, 6) is -2.56. The molecule has 214 valence electrons. The van der Waals surface area contributed by atoms with Crippen LogP contribution in [0.25, 0.3) is 11.1 Å². The largest absolute Gasteiger partial charge is 0.435 e. The molecule has 0 saturated carbocycles. The number of rotatable bonds is 10. The van der Waals surface area contributed by atoms with Crippen LogP contribution in [0.15, 0.2) is 110 Å². The molecule has 0 aliphatic heterocycles. The third-order valence-corrected chi connectivity index (χ3v) is 6.57. The van der Waals surface area contributed by atoms with Crippen LogP contribution in [0.5, 0.6) is 0 Å². The lowest BCUT2D eigenvalue weighted by atomic mass is 9.99. The normalized spacial score (nSPS) is 13.2. The Morgan fingerprint density at radius 1 is 0.667 bits per heavy atom. The fourth-order valence-electron chi connectivity index (χ4n) is 4.07. The molecule has 10 heteroatoms. The highest BCUT2D eigenvalue weighted by Crippen LogP contribution is 2.23. The van der Waals surface area contributed by atoms with Gasteiger partial charge in [-0.05, 0) is 94.8 Å². The minimum absolute atomic E-state index is 0.457. The van der Waals surface area contributed by atoms with Crippen LogP contribution in [0.1, 0.15) is 22.3 Å². The Kier molecular flexibility index (Phi) is 11.0. The van der Waals surface area contributed by atoms with Crippen molar-refractivity contribution in [1.82, 2.24) is 9.97 Å². The first kappa shape index (κ1) is 30.6. The van der Waals surface area contributed by atoms with Gasteiger partial charge < -0.3 is 9.47 Å². The van der Waals surface area contributed by atoms with Crippen molar-refractivity contribution in [2.45, 2.75) is 25.3 Å². The van der Waals surface area contributed by atoms with E-state index in [1.807, 2.05) is 36.4 Å². The fraction of sp³-hybridized carbons (Fsp3) is 0.125. The highest BCUT2D eigenvalue weighted by molar-refractivity contribution is 6.31. The van der Waals surface area contributed by atoms with Crippen LogP contribution in [0, 0.1) is 0 Å². The van der Waals surface area contributed by atoms with Crippen LogP contribution in [0.2, 0.25) is 10.0 Å². The number of pyridine rings is 2. The van der Waals surface area contributed by atoms with Crippen LogP contribution in [-0.4, -0.2) is 34.4 Å². The molecular formula is C32H28Cl2N4O4. The molecule has 2 aromatic heterocycles. The van der Waals surface area contributed by atoms with Gasteiger partial charge in [-0.25, -0.2) is 9.59 Å². The summed E-state index contributed by atoms with van der Waals surface area (Å²) < 4.78 is 10.3. The topological polar surface area (TPSA) is 130 Å². The van der Waals surface area contributed by atoms with E-state index in [0.29, 0.717) is 22.9 Å². The van der Waals surface area contributed by atoms with E-state index in [2.05, 4.69) is 9.97 Å². The van der Waals surface area contributed by atoms with E-state index < -0.39 is 24.4 Å². The third-order valence-electron chi connectivity index (χ3n) is 6.06. The number of hydrogen-bond donors (Lipinski definition) is 2. The minimum atomic E-state index is -1.28. The maximum atomic E-state index is 12.5. The number of esters is 2. The van der Waals surface area contributed by atoms with Gasteiger partial charge in [-0.3, -0.25) is 21.4 Å². The van der Waals surface area contributed by atoms with Gasteiger partial charge >= 0.3 is 11.9 Å². The van der Waals surface area contributed by atoms with Crippen molar-refractivity contribution in [2.75, 3.05) is 0 Å². The van der Waals surface area contributed by atoms with E-state index >= 15 is 0 Å². The highest BCUT2D eigenvalue weighted by Gasteiger charge is 2.23. The number of allylic oxidation sites excluding steroid dienone is 2. The zero-order valence-corrected chi connectivity index (χ0v) is 23.9. The zero-order chi connectivity index (χ0) is 29.9. The number of hydrogen-bond acceptors (Lipinski definition) is 8. The molecule has 2 heterocycles. The Bertz CT molecular complexity index is 1430. The molecule has 2 unspecified atom stereocenters. The molecule has 8 nitrogen and oxygen atoms in total. The van der Waals surface area contributed by atoms with Gasteiger partial charge in [0.2, 0.25) is 0 Å². The van der Waals surface area contributed by atoms with Crippen molar-refractivity contribution in [3.63, 3.8) is 0 Å². The predicted octanol–water partition coefficient (Wildman–Crippen LogP) is 5.39. The molecule has 4 rings (SSSR count). The molecule has 0 amide bonds. The van der Waals surface area contributed by atoms with Crippen molar-refractivity contribution >= 4 is 46.3 Å². The minimum Gasteiger partial charge on any atom is -0.435 e. The summed E-state index contributed by atoms with van der Waals surface area (Å²) in [4.78, 5) is 33.4. The van der Waals surface area contributed by atoms with Gasteiger partial charge in [0.15, 0.2) is 12.5 Å². The van der Waals surface area contributed by atoms with Gasteiger partial charge in [0.1, 0.15) is 0 Å². The van der Waals surface area contributed by atoms with Crippen molar-refractivity contribution in [2.24, 2.45) is 11.5 Å². The molecule has 2 atom stereocenters. The summed E-state index contributed by atoms with van der Waals surface area (Å²) >= 11 is 12.0. The molecule has 4 N–H and O–H groups in total. The van der Waals surface area contributed by atoms with E-state index in [4.69, 9.17) is 44.1 Å². The van der Waals surface area contributed by atoms with Gasteiger partial charge in [0, 0.05) is 34.8 Å². The first-order valence-corrected chi connectivity index (χ1v) is 13.7. The Morgan fingerprint density at radius 2 is 1.05 bits per heavy atom. The van der Waals surface area contributed by atoms with Gasteiger partial charge in [0.05, 0.1) is 0 Å². The standard InChI is InChI=1S/C32H28Cl2N4O4/c33-27-9-5-21(6-10-27)15-25(23-3-1-13-37-19-23)17-29(35)41-31(39)32(40)42-30(36)18-26(24-4-2-14-38-20-24)16-22-7-11-28(34)12-8-22/h1-14,17-20,29-30H,15-16,35-36H2. The second-order valence-corrected chi connectivity index (χ2v) is 10.1. The number of carbonyl (C=O) groups excluding carboxylic acids is 2. The van der Waals surface area contributed by atoms with Crippen molar-refractivity contribution in [3.8, 4) is 0 Å². The number of carbonyl (C=O) groups is 2. The number of nitrogens with two attached hydrogens (primary N) is 2. The second-order valence-electron chi connectivity index (χ2n) is 9.21. The lowest BCUT2D eigenvalue weighted by molar-refractivity contribution is -0.171. The average Bonchev–Trinajstić information content (AvgIpc) is 2.99. The van der Waals surface area contributed by atoms with Crippen LogP contribution in [0.4, 0.5) is 0 Å². The van der Waals surface area contributed by atoms with Crippen LogP contribution in [0.3, 0.4) is 0 Å². The average molecular weight is 604 g/mol. The Hall–Kier alpha value is -4.34. The predicted molar refractivity (Wildman–Crippen MR) is 163 cm³/mol. The highest BCUT2D eigenvalue weighted by atomic mass is 35.5. The SMILES string of the molecule is NC(C=C(Cc1ccc(Cl)cc1)c1cccnc1)OC(=O)C(=O)OC(N)C=C(Cc1ccc(Cl)cc1)c1cccnc1. The van der Waals surface area contributed by atoms with Gasteiger partial charge in [0.25, 0.3) is 0 Å². The van der Waals surface area contributed by atoms with E-state index in [9.17, 15) is 9.59 Å². The van der Waals surface area contributed by atoms with Crippen LogP contribution in [-0.2, 0) is 31.9 Å². The molecule has 0 aliphatic rings. The molecule has 0 aliphatic carbocycles. The molecule has 0 fully saturated rings. The summed E-state index contributed by atoms with van der Waals surface area (Å²) in [6, 6.07) is 21.9. The van der Waals surface area contributed by atoms with E-state index in [-0.39, 0.29) is 0 Å². The first-order valence-electron chi connectivity index (χ1n) is 12.9. The molecular weight excluding hydrogens is 575 g/mol. The Labute approximate surface area is 253 Å². The molecule has 4 aromatic rings. The summed E-state index contributed by atoms with van der Waals surface area (Å²) in [5, 5.41) is 1.22. The fourth-order valence-corrected chi connectivity index (χ4v) is 4.32. The maximum absolute atomic E-state index is 12.5. The summed E-state index contributed by atoms with van der Waals surface area (Å²) in [6.07, 6.45) is 8.15. The van der Waals surface area contributed by atoms with Gasteiger partial charge in [-0.2, -0.15) is 0 Å². The Morgan fingerprint density at radius 3 is 1.38 bits per heavy atom. The molecule has 42 heavy (non-hydrogen) atoms. The van der Waals surface area contributed by atoms with E-state index in [1.54, 1.807) is 73.3 Å². The quantitative estimate of drug-likeness (QED) is 0.140. The van der Waals surface area contributed by atoms with Crippen molar-refractivity contribution in [1.29, 1.82) is 0 Å².